The van der Waals surface area contributed by atoms with Gasteiger partial charge in [-0.15, -0.1) is 0 Å². The third-order valence-corrected chi connectivity index (χ3v) is 4.93. The molecule has 148 valence electrons. The quantitative estimate of drug-likeness (QED) is 0.538. The monoisotopic (exact) mass is 383 g/mol. The number of piperazine rings is 1. The van der Waals surface area contributed by atoms with Crippen molar-refractivity contribution in [3.63, 3.8) is 0 Å². The minimum atomic E-state index is -0.644. The van der Waals surface area contributed by atoms with Gasteiger partial charge in [0.2, 0.25) is 11.8 Å². The highest BCUT2D eigenvalue weighted by molar-refractivity contribution is 5.97. The van der Waals surface area contributed by atoms with Crippen molar-refractivity contribution in [1.82, 2.24) is 10.2 Å². The number of carbonyl (C=O) groups excluding carboxylic acids is 2. The summed E-state index contributed by atoms with van der Waals surface area (Å²) in [6, 6.07) is 12.7. The number of hydrogen-bond acceptors (Lipinski definition) is 5. The van der Waals surface area contributed by atoms with Crippen molar-refractivity contribution in [3.05, 3.63) is 59.7 Å². The number of aromatic hydroxyl groups is 2. The molecule has 0 aromatic heterocycles. The molecule has 0 saturated carbocycles. The lowest BCUT2D eigenvalue weighted by Crippen LogP contribution is -2.63. The Balaban J connectivity index is 1.84. The molecular weight excluding hydrogens is 358 g/mol. The number of hydrogen-bond donors (Lipinski definition) is 4. The first kappa shape index (κ1) is 19.7. The molecule has 2 atom stereocenters. The number of carbonyl (C=O) groups is 2. The maximum absolute atomic E-state index is 13.2. The minimum Gasteiger partial charge on any atom is -0.504 e. The van der Waals surface area contributed by atoms with Gasteiger partial charge in [0, 0.05) is 13.0 Å². The zero-order chi connectivity index (χ0) is 20.1. The highest BCUT2D eigenvalue weighted by Crippen LogP contribution is 2.27. The number of benzene rings is 2. The second kappa shape index (κ2) is 8.75. The van der Waals surface area contributed by atoms with Gasteiger partial charge in [-0.05, 0) is 42.6 Å². The molecule has 0 bridgehead atoms. The number of nitrogens with two attached hydrogens (primary N) is 1. The van der Waals surface area contributed by atoms with Crippen molar-refractivity contribution in [2.24, 2.45) is 5.73 Å². The Morgan fingerprint density at radius 3 is 2.43 bits per heavy atom. The molecule has 1 heterocycles. The van der Waals surface area contributed by atoms with Crippen molar-refractivity contribution >= 4 is 11.8 Å². The molecule has 3 rings (SSSR count). The number of nitrogens with zero attached hydrogens (tertiary/aromatic N) is 1. The third-order valence-electron chi connectivity index (χ3n) is 4.93. The molecular formula is C21H25N3O4. The molecule has 1 fully saturated rings. The summed E-state index contributed by atoms with van der Waals surface area (Å²) in [5.74, 6) is -0.853. The number of phenolic OH excluding ortho intramolecular Hbond substituents is 2. The molecule has 0 radical (unpaired) electrons. The molecule has 0 spiro atoms. The van der Waals surface area contributed by atoms with E-state index in [4.69, 9.17) is 5.73 Å². The molecule has 2 unspecified atom stereocenters. The average molecular weight is 383 g/mol. The first-order valence-corrected chi connectivity index (χ1v) is 9.35. The summed E-state index contributed by atoms with van der Waals surface area (Å²) >= 11 is 0. The Morgan fingerprint density at radius 2 is 1.75 bits per heavy atom. The summed E-state index contributed by atoms with van der Waals surface area (Å²) in [4.78, 5) is 27.5. The van der Waals surface area contributed by atoms with E-state index in [1.54, 1.807) is 11.0 Å². The summed E-state index contributed by atoms with van der Waals surface area (Å²) in [7, 11) is 0. The minimum absolute atomic E-state index is 0.167. The second-order valence-corrected chi connectivity index (χ2v) is 6.99. The Bertz CT molecular complexity index is 841. The van der Waals surface area contributed by atoms with Crippen LogP contribution >= 0.6 is 0 Å². The van der Waals surface area contributed by atoms with Gasteiger partial charge in [-0.3, -0.25) is 9.59 Å². The maximum Gasteiger partial charge on any atom is 0.246 e. The average Bonchev–Trinajstić information content (AvgIpc) is 2.69. The van der Waals surface area contributed by atoms with E-state index >= 15 is 0 Å². The van der Waals surface area contributed by atoms with Crippen LogP contribution in [0.4, 0.5) is 0 Å². The molecule has 7 nitrogen and oxygen atoms in total. The highest BCUT2D eigenvalue weighted by atomic mass is 16.3. The van der Waals surface area contributed by atoms with Gasteiger partial charge in [-0.25, -0.2) is 0 Å². The van der Waals surface area contributed by atoms with Crippen LogP contribution in [0.3, 0.4) is 0 Å². The van der Waals surface area contributed by atoms with E-state index < -0.39 is 12.1 Å². The van der Waals surface area contributed by atoms with Crippen LogP contribution in [0.5, 0.6) is 11.5 Å². The Morgan fingerprint density at radius 1 is 1.00 bits per heavy atom. The summed E-state index contributed by atoms with van der Waals surface area (Å²) in [6.07, 6.45) is 1.49. The largest absolute Gasteiger partial charge is 0.504 e. The number of nitrogens with one attached hydrogen (secondary N) is 1. The van der Waals surface area contributed by atoms with Gasteiger partial charge in [0.25, 0.3) is 0 Å². The smallest absolute Gasteiger partial charge is 0.246 e. The van der Waals surface area contributed by atoms with E-state index in [1.165, 1.54) is 12.1 Å². The van der Waals surface area contributed by atoms with Crippen LogP contribution in [0.2, 0.25) is 0 Å². The topological polar surface area (TPSA) is 116 Å². The molecule has 28 heavy (non-hydrogen) atoms. The van der Waals surface area contributed by atoms with E-state index in [-0.39, 0.29) is 29.9 Å². The molecule has 2 amide bonds. The molecule has 5 N–H and O–H groups in total. The lowest BCUT2D eigenvalue weighted by molar-refractivity contribution is -0.150. The fraction of sp³-hybridized carbons (Fsp3) is 0.333. The number of phenols is 2. The van der Waals surface area contributed by atoms with Crippen LogP contribution in [0.25, 0.3) is 0 Å². The summed E-state index contributed by atoms with van der Waals surface area (Å²) < 4.78 is 0. The van der Waals surface area contributed by atoms with Crippen LogP contribution in [-0.4, -0.2) is 45.6 Å². The molecule has 1 aliphatic rings. The van der Waals surface area contributed by atoms with Gasteiger partial charge < -0.3 is 26.2 Å². The maximum atomic E-state index is 13.2. The zero-order valence-electron chi connectivity index (χ0n) is 15.5. The van der Waals surface area contributed by atoms with Crippen LogP contribution in [0.1, 0.15) is 24.0 Å². The van der Waals surface area contributed by atoms with Gasteiger partial charge in [-0.1, -0.05) is 36.4 Å². The van der Waals surface area contributed by atoms with Gasteiger partial charge in [-0.2, -0.15) is 0 Å². The lowest BCUT2D eigenvalue weighted by Gasteiger charge is -2.39. The van der Waals surface area contributed by atoms with E-state index in [0.717, 1.165) is 5.56 Å². The van der Waals surface area contributed by atoms with Crippen LogP contribution in [0.15, 0.2) is 48.5 Å². The van der Waals surface area contributed by atoms with Gasteiger partial charge in [0.15, 0.2) is 11.5 Å². The van der Waals surface area contributed by atoms with Gasteiger partial charge in [0.1, 0.15) is 12.1 Å². The zero-order valence-corrected chi connectivity index (χ0v) is 15.5. The Hall–Kier alpha value is -3.06. The Kier molecular flexibility index (Phi) is 6.16. The molecule has 1 aliphatic heterocycles. The van der Waals surface area contributed by atoms with Crippen molar-refractivity contribution in [1.29, 1.82) is 0 Å². The third kappa shape index (κ3) is 4.43. The molecule has 2 aromatic rings. The van der Waals surface area contributed by atoms with Crippen LogP contribution in [0, 0.1) is 0 Å². The van der Waals surface area contributed by atoms with Crippen molar-refractivity contribution in [3.8, 4) is 11.5 Å². The molecule has 2 aromatic carbocycles. The van der Waals surface area contributed by atoms with Gasteiger partial charge in [0.05, 0.1) is 0 Å². The SMILES string of the molecule is NCCCC1C(=O)NC(Cc2ccccc2)C(=O)N1Cc1ccc(O)c(O)c1. The predicted molar refractivity (Wildman–Crippen MR) is 104 cm³/mol. The van der Waals surface area contributed by atoms with E-state index in [0.29, 0.717) is 31.4 Å². The fourth-order valence-corrected chi connectivity index (χ4v) is 3.46. The van der Waals surface area contributed by atoms with Crippen molar-refractivity contribution in [2.75, 3.05) is 6.54 Å². The van der Waals surface area contributed by atoms with Crippen molar-refractivity contribution < 1.29 is 19.8 Å². The standard InChI is InChI=1S/C21H25N3O4/c22-10-4-7-17-20(27)23-16(11-14-5-2-1-3-6-14)21(28)24(17)13-15-8-9-18(25)19(26)12-15/h1-3,5-6,8-9,12,16-17,25-26H,4,7,10-11,13,22H2,(H,23,27). The fourth-order valence-electron chi connectivity index (χ4n) is 3.46. The number of amides is 2. The van der Waals surface area contributed by atoms with Crippen LogP contribution < -0.4 is 11.1 Å². The van der Waals surface area contributed by atoms with Gasteiger partial charge >= 0.3 is 0 Å². The van der Waals surface area contributed by atoms with E-state index in [2.05, 4.69) is 5.32 Å². The predicted octanol–water partition coefficient (Wildman–Crippen LogP) is 1.28. The Labute approximate surface area is 163 Å². The van der Waals surface area contributed by atoms with E-state index in [1.807, 2.05) is 30.3 Å². The first-order valence-electron chi connectivity index (χ1n) is 9.35. The van der Waals surface area contributed by atoms with Crippen LogP contribution in [-0.2, 0) is 22.6 Å². The highest BCUT2D eigenvalue weighted by Gasteiger charge is 2.40. The molecule has 0 aliphatic carbocycles. The van der Waals surface area contributed by atoms with Crippen molar-refractivity contribution in [2.45, 2.75) is 37.9 Å². The summed E-state index contributed by atoms with van der Waals surface area (Å²) in [5, 5.41) is 22.1. The van der Waals surface area contributed by atoms with E-state index in [9.17, 15) is 19.8 Å². The molecule has 1 saturated heterocycles. The lowest BCUT2D eigenvalue weighted by atomic mass is 9.97. The number of rotatable bonds is 7. The summed E-state index contributed by atoms with van der Waals surface area (Å²) in [5.41, 5.74) is 7.19. The second-order valence-electron chi connectivity index (χ2n) is 6.99. The summed E-state index contributed by atoms with van der Waals surface area (Å²) in [6.45, 7) is 0.597. The first-order chi connectivity index (χ1) is 13.5. The molecule has 7 heteroatoms. The normalized spacial score (nSPS) is 19.5.